The summed E-state index contributed by atoms with van der Waals surface area (Å²) in [6.07, 6.45) is 1.53. The second-order valence-corrected chi connectivity index (χ2v) is 6.34. The maximum Gasteiger partial charge on any atom is 0.244 e. The molecule has 1 aromatic heterocycles. The van der Waals surface area contributed by atoms with Crippen LogP contribution in [0.5, 0.6) is 0 Å². The number of hydrogen-bond acceptors (Lipinski definition) is 5. The van der Waals surface area contributed by atoms with Crippen molar-refractivity contribution in [3.63, 3.8) is 0 Å². The molecule has 108 valence electrons. The summed E-state index contributed by atoms with van der Waals surface area (Å²) in [4.78, 5) is 0.0939. The van der Waals surface area contributed by atoms with Gasteiger partial charge in [0.15, 0.2) is 0 Å². The molecule has 0 unspecified atom stereocenters. The monoisotopic (exact) mass is 289 g/mol. The highest BCUT2D eigenvalue weighted by atomic mass is 32.2. The summed E-state index contributed by atoms with van der Waals surface area (Å²) in [6.45, 7) is 3.82. The first-order valence-corrected chi connectivity index (χ1v) is 7.78. The van der Waals surface area contributed by atoms with Crippen LogP contribution in [0.3, 0.4) is 0 Å². The van der Waals surface area contributed by atoms with Gasteiger partial charge in [0.2, 0.25) is 10.0 Å². The molecule has 1 aromatic rings. The highest BCUT2D eigenvalue weighted by molar-refractivity contribution is 7.89. The van der Waals surface area contributed by atoms with Gasteiger partial charge in [0, 0.05) is 18.7 Å². The van der Waals surface area contributed by atoms with E-state index in [4.69, 9.17) is 14.3 Å². The van der Waals surface area contributed by atoms with E-state index in [1.165, 1.54) is 6.07 Å². The van der Waals surface area contributed by atoms with Crippen LogP contribution in [0.2, 0.25) is 0 Å². The number of rotatable bonds is 6. The lowest BCUT2D eigenvalue weighted by atomic mass is 9.90. The summed E-state index contributed by atoms with van der Waals surface area (Å²) >= 11 is 0. The molecule has 1 aliphatic rings. The van der Waals surface area contributed by atoms with Crippen molar-refractivity contribution in [3.05, 3.63) is 17.6 Å². The van der Waals surface area contributed by atoms with Crippen LogP contribution in [0, 0.1) is 6.92 Å². The lowest BCUT2D eigenvalue weighted by Gasteiger charge is -2.34. The molecular weight excluding hydrogens is 270 g/mol. The van der Waals surface area contributed by atoms with E-state index in [1.54, 1.807) is 6.92 Å². The molecule has 1 fully saturated rings. The molecule has 0 amide bonds. The van der Waals surface area contributed by atoms with Crippen molar-refractivity contribution in [2.24, 2.45) is 0 Å². The zero-order valence-corrected chi connectivity index (χ0v) is 11.9. The van der Waals surface area contributed by atoms with Gasteiger partial charge in [-0.25, -0.2) is 13.1 Å². The highest BCUT2D eigenvalue weighted by Gasteiger charge is 2.34. The average Bonchev–Trinajstić information content (AvgIpc) is 2.68. The van der Waals surface area contributed by atoms with Crippen LogP contribution in [0.1, 0.15) is 31.3 Å². The second kappa shape index (κ2) is 5.62. The summed E-state index contributed by atoms with van der Waals surface area (Å²) in [5.41, 5.74) is 0. The minimum atomic E-state index is -3.59. The molecule has 0 bridgehead atoms. The van der Waals surface area contributed by atoms with Crippen LogP contribution >= 0.6 is 0 Å². The van der Waals surface area contributed by atoms with E-state index >= 15 is 0 Å². The highest BCUT2D eigenvalue weighted by Crippen LogP contribution is 2.26. The lowest BCUT2D eigenvalue weighted by molar-refractivity contribution is -0.00476. The first kappa shape index (κ1) is 14.5. The topological polar surface area (TPSA) is 88.8 Å². The fourth-order valence-corrected chi connectivity index (χ4v) is 3.65. The van der Waals surface area contributed by atoms with Crippen molar-refractivity contribution in [1.82, 2.24) is 4.72 Å². The third-order valence-electron chi connectivity index (χ3n) is 3.19. The molecule has 2 N–H and O–H groups in total. The lowest BCUT2D eigenvalue weighted by Crippen LogP contribution is -2.47. The fraction of sp³-hybridized carbons (Fsp3) is 0.667. The zero-order valence-electron chi connectivity index (χ0n) is 11.0. The fourth-order valence-electron chi connectivity index (χ4n) is 2.19. The quantitative estimate of drug-likeness (QED) is 0.813. The molecule has 0 aliphatic heterocycles. The van der Waals surface area contributed by atoms with Gasteiger partial charge >= 0.3 is 0 Å². The van der Waals surface area contributed by atoms with Gasteiger partial charge in [0.1, 0.15) is 23.0 Å². The molecule has 1 saturated carbocycles. The van der Waals surface area contributed by atoms with Gasteiger partial charge in [-0.1, -0.05) is 0 Å². The van der Waals surface area contributed by atoms with Crippen molar-refractivity contribution in [3.8, 4) is 0 Å². The Balaban J connectivity index is 2.01. The predicted octanol–water partition coefficient (Wildman–Crippen LogP) is 0.926. The van der Waals surface area contributed by atoms with Crippen LogP contribution in [0.15, 0.2) is 15.4 Å². The Labute approximate surface area is 112 Å². The van der Waals surface area contributed by atoms with E-state index in [-0.39, 0.29) is 35.2 Å². The van der Waals surface area contributed by atoms with Crippen molar-refractivity contribution in [2.45, 2.75) is 50.3 Å². The molecule has 19 heavy (non-hydrogen) atoms. The Morgan fingerprint density at radius 1 is 1.53 bits per heavy atom. The molecule has 0 aromatic carbocycles. The maximum atomic E-state index is 12.2. The van der Waals surface area contributed by atoms with E-state index in [1.807, 2.05) is 6.92 Å². The summed E-state index contributed by atoms with van der Waals surface area (Å²) in [5, 5.41) is 8.95. The Bertz CT molecular complexity index is 530. The van der Waals surface area contributed by atoms with E-state index in [9.17, 15) is 8.42 Å². The first-order valence-electron chi connectivity index (χ1n) is 6.30. The molecule has 0 radical (unpaired) electrons. The number of hydrogen-bond donors (Lipinski definition) is 2. The average molecular weight is 289 g/mol. The Hall–Kier alpha value is -0.890. The minimum absolute atomic E-state index is 0.0894. The first-order chi connectivity index (χ1) is 8.96. The summed E-state index contributed by atoms with van der Waals surface area (Å²) < 4.78 is 37.5. The Morgan fingerprint density at radius 2 is 2.21 bits per heavy atom. The summed E-state index contributed by atoms with van der Waals surface area (Å²) in [5.74, 6) is 0.538. The standard InChI is InChI=1S/C12H19NO5S/c1-3-17-10-4-9(5-10)13-19(15,16)12-6-11(7-14)18-8(12)2/h6,9-10,13-14H,3-5,7H2,1-2H3. The van der Waals surface area contributed by atoms with Crippen molar-refractivity contribution >= 4 is 10.0 Å². The van der Waals surface area contributed by atoms with E-state index < -0.39 is 10.0 Å². The largest absolute Gasteiger partial charge is 0.462 e. The predicted molar refractivity (Wildman–Crippen MR) is 68.1 cm³/mol. The molecule has 6 nitrogen and oxygen atoms in total. The van der Waals surface area contributed by atoms with Crippen LogP contribution in [0.4, 0.5) is 0 Å². The van der Waals surface area contributed by atoms with E-state index in [0.717, 1.165) is 0 Å². The molecule has 0 atom stereocenters. The van der Waals surface area contributed by atoms with Gasteiger partial charge < -0.3 is 14.3 Å². The molecule has 2 rings (SSSR count). The number of furan rings is 1. The molecule has 0 spiro atoms. The van der Waals surface area contributed by atoms with Crippen LogP contribution < -0.4 is 4.72 Å². The minimum Gasteiger partial charge on any atom is -0.462 e. The zero-order chi connectivity index (χ0) is 14.0. The van der Waals surface area contributed by atoms with Gasteiger partial charge in [-0.05, 0) is 26.7 Å². The van der Waals surface area contributed by atoms with Gasteiger partial charge in [-0.3, -0.25) is 0 Å². The smallest absolute Gasteiger partial charge is 0.244 e. The molecule has 1 aliphatic carbocycles. The van der Waals surface area contributed by atoms with E-state index in [0.29, 0.717) is 19.4 Å². The summed E-state index contributed by atoms with van der Waals surface area (Å²) in [6, 6.07) is 1.27. The molecule has 1 heterocycles. The van der Waals surface area contributed by atoms with Crippen LogP contribution in [0.25, 0.3) is 0 Å². The van der Waals surface area contributed by atoms with Gasteiger partial charge in [0.05, 0.1) is 6.10 Å². The van der Waals surface area contributed by atoms with Crippen LogP contribution in [-0.2, 0) is 21.4 Å². The number of sulfonamides is 1. The second-order valence-electron chi connectivity index (χ2n) is 4.66. The summed E-state index contributed by atoms with van der Waals surface area (Å²) in [7, 11) is -3.59. The molecule has 0 saturated heterocycles. The molecule has 7 heteroatoms. The van der Waals surface area contributed by atoms with Gasteiger partial charge in [-0.15, -0.1) is 0 Å². The van der Waals surface area contributed by atoms with Gasteiger partial charge in [0.25, 0.3) is 0 Å². The number of aliphatic hydroxyl groups excluding tert-OH is 1. The Kier molecular flexibility index (Phi) is 4.29. The number of aryl methyl sites for hydroxylation is 1. The van der Waals surface area contributed by atoms with Crippen molar-refractivity contribution < 1.29 is 22.7 Å². The number of ether oxygens (including phenoxy) is 1. The molecular formula is C12H19NO5S. The van der Waals surface area contributed by atoms with Crippen molar-refractivity contribution in [1.29, 1.82) is 0 Å². The SMILES string of the molecule is CCOC1CC(NS(=O)(=O)c2cc(CO)oc2C)C1. The Morgan fingerprint density at radius 3 is 2.74 bits per heavy atom. The third kappa shape index (κ3) is 3.17. The normalized spacial score (nSPS) is 23.3. The number of nitrogens with one attached hydrogen (secondary N) is 1. The van der Waals surface area contributed by atoms with E-state index in [2.05, 4.69) is 4.72 Å². The van der Waals surface area contributed by atoms with Gasteiger partial charge in [-0.2, -0.15) is 0 Å². The van der Waals surface area contributed by atoms with Crippen LogP contribution in [-0.4, -0.2) is 32.3 Å². The van der Waals surface area contributed by atoms with Crippen molar-refractivity contribution in [2.75, 3.05) is 6.61 Å². The third-order valence-corrected chi connectivity index (χ3v) is 4.82. The number of aliphatic hydroxyl groups is 1. The maximum absolute atomic E-state index is 12.2.